The van der Waals surface area contributed by atoms with Crippen molar-refractivity contribution >= 4 is 5.97 Å². The first-order valence-corrected chi connectivity index (χ1v) is 6.26. The van der Waals surface area contributed by atoms with Crippen LogP contribution in [0.3, 0.4) is 0 Å². The summed E-state index contributed by atoms with van der Waals surface area (Å²) in [6.45, 7) is 3.84. The van der Waals surface area contributed by atoms with Gasteiger partial charge in [-0.15, -0.1) is 0 Å². The van der Waals surface area contributed by atoms with E-state index in [1.54, 1.807) is 0 Å². The van der Waals surface area contributed by atoms with Crippen molar-refractivity contribution in [3.05, 3.63) is 23.7 Å². The minimum atomic E-state index is -0.904. The van der Waals surface area contributed by atoms with Gasteiger partial charge in [-0.1, -0.05) is 13.3 Å². The molecule has 1 aromatic rings. The Morgan fingerprint density at radius 2 is 2.41 bits per heavy atom. The van der Waals surface area contributed by atoms with Gasteiger partial charge >= 0.3 is 5.97 Å². The van der Waals surface area contributed by atoms with Crippen molar-refractivity contribution in [1.82, 2.24) is 4.90 Å². The molecule has 1 N–H and O–H groups in total. The van der Waals surface area contributed by atoms with E-state index in [0.29, 0.717) is 23.9 Å². The highest BCUT2D eigenvalue weighted by Gasteiger charge is 2.24. The molecule has 1 aliphatic rings. The van der Waals surface area contributed by atoms with E-state index in [9.17, 15) is 4.79 Å². The van der Waals surface area contributed by atoms with E-state index >= 15 is 0 Å². The zero-order chi connectivity index (χ0) is 12.3. The largest absolute Gasteiger partial charge is 0.478 e. The summed E-state index contributed by atoms with van der Waals surface area (Å²) in [6.07, 6.45) is 6.25. The standard InChI is InChI=1S/C13H19NO3/c1-2-10-5-3-4-7-14(10)9-12-11(13(15)16)6-8-17-12/h6,8,10H,2-5,7,9H2,1H3,(H,15,16). The molecule has 0 bridgehead atoms. The average Bonchev–Trinajstić information content (AvgIpc) is 2.78. The van der Waals surface area contributed by atoms with Crippen LogP contribution in [0, 0.1) is 0 Å². The Balaban J connectivity index is 2.08. The van der Waals surface area contributed by atoms with Crippen LogP contribution in [0.5, 0.6) is 0 Å². The predicted molar refractivity (Wildman–Crippen MR) is 64.0 cm³/mol. The van der Waals surface area contributed by atoms with Crippen LogP contribution in [0.2, 0.25) is 0 Å². The van der Waals surface area contributed by atoms with E-state index in [-0.39, 0.29) is 0 Å². The molecule has 2 rings (SSSR count). The van der Waals surface area contributed by atoms with E-state index in [1.807, 2.05) is 0 Å². The van der Waals surface area contributed by atoms with Gasteiger partial charge in [0.25, 0.3) is 0 Å². The van der Waals surface area contributed by atoms with Gasteiger partial charge in [-0.3, -0.25) is 4.90 Å². The highest BCUT2D eigenvalue weighted by Crippen LogP contribution is 2.23. The van der Waals surface area contributed by atoms with Crippen molar-refractivity contribution in [3.63, 3.8) is 0 Å². The van der Waals surface area contributed by atoms with Gasteiger partial charge < -0.3 is 9.52 Å². The quantitative estimate of drug-likeness (QED) is 0.874. The van der Waals surface area contributed by atoms with E-state index in [1.165, 1.54) is 31.6 Å². The first-order chi connectivity index (χ1) is 8.22. The van der Waals surface area contributed by atoms with Gasteiger partial charge in [-0.2, -0.15) is 0 Å². The third kappa shape index (κ3) is 2.69. The Morgan fingerprint density at radius 1 is 1.59 bits per heavy atom. The molecular weight excluding hydrogens is 218 g/mol. The molecule has 1 atom stereocenters. The van der Waals surface area contributed by atoms with Crippen LogP contribution in [0.25, 0.3) is 0 Å². The summed E-state index contributed by atoms with van der Waals surface area (Å²) >= 11 is 0. The van der Waals surface area contributed by atoms with Crippen molar-refractivity contribution in [2.24, 2.45) is 0 Å². The molecule has 17 heavy (non-hydrogen) atoms. The first kappa shape index (κ1) is 12.2. The summed E-state index contributed by atoms with van der Waals surface area (Å²) in [6, 6.07) is 2.10. The van der Waals surface area contributed by atoms with Crippen LogP contribution in [0.4, 0.5) is 0 Å². The predicted octanol–water partition coefficient (Wildman–Crippen LogP) is 2.74. The Bertz CT molecular complexity index is 386. The number of carboxylic acids is 1. The zero-order valence-electron chi connectivity index (χ0n) is 10.2. The molecule has 0 saturated carbocycles. The molecule has 1 unspecified atom stereocenters. The molecule has 0 spiro atoms. The van der Waals surface area contributed by atoms with Crippen molar-refractivity contribution in [2.45, 2.75) is 45.2 Å². The summed E-state index contributed by atoms with van der Waals surface area (Å²) in [5.74, 6) is -0.323. The molecule has 0 radical (unpaired) electrons. The molecular formula is C13H19NO3. The van der Waals surface area contributed by atoms with Gasteiger partial charge in [0.05, 0.1) is 12.8 Å². The average molecular weight is 237 g/mol. The van der Waals surface area contributed by atoms with E-state index in [0.717, 1.165) is 13.0 Å². The van der Waals surface area contributed by atoms with Crippen LogP contribution < -0.4 is 0 Å². The molecule has 2 heterocycles. The number of aromatic carboxylic acids is 1. The van der Waals surface area contributed by atoms with Crippen molar-refractivity contribution in [3.8, 4) is 0 Å². The Hall–Kier alpha value is -1.29. The highest BCUT2D eigenvalue weighted by atomic mass is 16.4. The summed E-state index contributed by atoms with van der Waals surface area (Å²) in [5.41, 5.74) is 0.297. The lowest BCUT2D eigenvalue weighted by Crippen LogP contribution is -2.38. The van der Waals surface area contributed by atoms with Gasteiger partial charge in [0.2, 0.25) is 0 Å². The number of carboxylic acid groups (broad SMARTS) is 1. The molecule has 1 saturated heterocycles. The molecule has 1 aliphatic heterocycles. The molecule has 0 aromatic carbocycles. The van der Waals surface area contributed by atoms with Crippen molar-refractivity contribution in [1.29, 1.82) is 0 Å². The second kappa shape index (κ2) is 5.36. The second-order valence-electron chi connectivity index (χ2n) is 4.59. The lowest BCUT2D eigenvalue weighted by Gasteiger charge is -2.34. The van der Waals surface area contributed by atoms with E-state index in [4.69, 9.17) is 9.52 Å². The Labute approximate surface area is 101 Å². The maximum Gasteiger partial charge on any atom is 0.339 e. The zero-order valence-corrected chi connectivity index (χ0v) is 10.2. The normalized spacial score (nSPS) is 21.6. The minimum Gasteiger partial charge on any atom is -0.478 e. The summed E-state index contributed by atoms with van der Waals surface area (Å²) in [4.78, 5) is 13.3. The minimum absolute atomic E-state index is 0.297. The number of piperidine rings is 1. The fourth-order valence-electron chi connectivity index (χ4n) is 2.57. The summed E-state index contributed by atoms with van der Waals surface area (Å²) < 4.78 is 5.30. The summed E-state index contributed by atoms with van der Waals surface area (Å²) in [7, 11) is 0. The maximum atomic E-state index is 11.0. The fraction of sp³-hybridized carbons (Fsp3) is 0.615. The number of carbonyl (C=O) groups is 1. The molecule has 1 fully saturated rings. The molecule has 4 nitrogen and oxygen atoms in total. The third-order valence-electron chi connectivity index (χ3n) is 3.54. The van der Waals surface area contributed by atoms with Crippen molar-refractivity contribution in [2.75, 3.05) is 6.54 Å². The van der Waals surface area contributed by atoms with Crippen LogP contribution >= 0.6 is 0 Å². The smallest absolute Gasteiger partial charge is 0.339 e. The maximum absolute atomic E-state index is 11.0. The molecule has 0 amide bonds. The number of rotatable bonds is 4. The van der Waals surface area contributed by atoms with E-state index < -0.39 is 5.97 Å². The number of furan rings is 1. The molecule has 0 aliphatic carbocycles. The van der Waals surface area contributed by atoms with Gasteiger partial charge in [0.15, 0.2) is 0 Å². The Kier molecular flexibility index (Phi) is 3.84. The molecule has 94 valence electrons. The third-order valence-corrected chi connectivity index (χ3v) is 3.54. The van der Waals surface area contributed by atoms with Crippen LogP contribution in [-0.2, 0) is 6.54 Å². The fourth-order valence-corrected chi connectivity index (χ4v) is 2.57. The highest BCUT2D eigenvalue weighted by molar-refractivity contribution is 5.88. The molecule has 4 heteroatoms. The van der Waals surface area contributed by atoms with E-state index in [2.05, 4.69) is 11.8 Å². The van der Waals surface area contributed by atoms with Gasteiger partial charge in [-0.05, 0) is 31.9 Å². The van der Waals surface area contributed by atoms with Crippen LogP contribution in [0.1, 0.15) is 48.7 Å². The lowest BCUT2D eigenvalue weighted by molar-refractivity contribution is 0.0688. The summed E-state index contributed by atoms with van der Waals surface area (Å²) in [5, 5.41) is 9.03. The topological polar surface area (TPSA) is 53.7 Å². The first-order valence-electron chi connectivity index (χ1n) is 6.26. The van der Waals surface area contributed by atoms with Gasteiger partial charge in [0, 0.05) is 6.04 Å². The number of nitrogens with zero attached hydrogens (tertiary/aromatic N) is 1. The number of hydrogen-bond acceptors (Lipinski definition) is 3. The second-order valence-corrected chi connectivity index (χ2v) is 4.59. The van der Waals surface area contributed by atoms with Gasteiger partial charge in [0.1, 0.15) is 11.3 Å². The molecule has 1 aromatic heterocycles. The van der Waals surface area contributed by atoms with Gasteiger partial charge in [-0.25, -0.2) is 4.79 Å². The van der Waals surface area contributed by atoms with Crippen LogP contribution in [0.15, 0.2) is 16.7 Å². The SMILES string of the molecule is CCC1CCCCN1Cc1occc1C(=O)O. The number of hydrogen-bond donors (Lipinski definition) is 1. The van der Waals surface area contributed by atoms with Crippen molar-refractivity contribution < 1.29 is 14.3 Å². The van der Waals surface area contributed by atoms with Crippen LogP contribution in [-0.4, -0.2) is 28.6 Å². The lowest BCUT2D eigenvalue weighted by atomic mass is 10.00. The monoisotopic (exact) mass is 237 g/mol. The number of likely N-dealkylation sites (tertiary alicyclic amines) is 1. The Morgan fingerprint density at radius 3 is 3.12 bits per heavy atom.